The van der Waals surface area contributed by atoms with Crippen LogP contribution in [-0.4, -0.2) is 15.7 Å². The van der Waals surface area contributed by atoms with E-state index in [9.17, 15) is 4.79 Å². The third-order valence-corrected chi connectivity index (χ3v) is 2.90. The fourth-order valence-corrected chi connectivity index (χ4v) is 1.74. The first-order valence-corrected chi connectivity index (χ1v) is 5.97. The van der Waals surface area contributed by atoms with Crippen molar-refractivity contribution in [2.24, 2.45) is 7.05 Å². The van der Waals surface area contributed by atoms with Gasteiger partial charge < -0.3 is 5.32 Å². The van der Waals surface area contributed by atoms with E-state index in [1.807, 2.05) is 24.3 Å². The number of aryl methyl sites for hydroxylation is 1. The summed E-state index contributed by atoms with van der Waals surface area (Å²) >= 11 is 3.36. The highest BCUT2D eigenvalue weighted by molar-refractivity contribution is 9.10. The van der Waals surface area contributed by atoms with Crippen LogP contribution >= 0.6 is 15.9 Å². The molecule has 2 rings (SSSR count). The van der Waals surface area contributed by atoms with E-state index >= 15 is 0 Å². The molecule has 0 bridgehead atoms. The van der Waals surface area contributed by atoms with E-state index in [-0.39, 0.29) is 5.91 Å². The van der Waals surface area contributed by atoms with Crippen LogP contribution in [0, 0.1) is 0 Å². The van der Waals surface area contributed by atoms with Crippen molar-refractivity contribution in [3.8, 4) is 0 Å². The van der Waals surface area contributed by atoms with Crippen molar-refractivity contribution in [3.63, 3.8) is 0 Å². The van der Waals surface area contributed by atoms with Crippen molar-refractivity contribution < 1.29 is 4.79 Å². The molecule has 0 saturated carbocycles. The fraction of sp³-hybridized carbons (Fsp3) is 0.167. The minimum atomic E-state index is -0.0454. The van der Waals surface area contributed by atoms with E-state index in [0.717, 1.165) is 10.0 Å². The van der Waals surface area contributed by atoms with Crippen molar-refractivity contribution in [2.75, 3.05) is 5.32 Å². The van der Waals surface area contributed by atoms with Gasteiger partial charge in [-0.05, 0) is 17.7 Å². The van der Waals surface area contributed by atoms with E-state index in [1.54, 1.807) is 24.0 Å². The highest BCUT2D eigenvalue weighted by atomic mass is 79.9. The van der Waals surface area contributed by atoms with Crippen LogP contribution in [-0.2, 0) is 18.3 Å². The lowest BCUT2D eigenvalue weighted by Gasteiger charge is -2.05. The van der Waals surface area contributed by atoms with Crippen LogP contribution < -0.4 is 5.32 Å². The molecule has 5 heteroatoms. The van der Waals surface area contributed by atoms with E-state index in [1.165, 1.54) is 0 Å². The normalized spacial score (nSPS) is 10.2. The Balaban J connectivity index is 1.98. The zero-order valence-electron chi connectivity index (χ0n) is 9.35. The molecule has 1 aromatic heterocycles. The molecule has 0 aliphatic carbocycles. The lowest BCUT2D eigenvalue weighted by Crippen LogP contribution is -2.16. The summed E-state index contributed by atoms with van der Waals surface area (Å²) in [7, 11) is 1.79. The van der Waals surface area contributed by atoms with Gasteiger partial charge in [-0.2, -0.15) is 5.10 Å². The third kappa shape index (κ3) is 3.17. The maximum absolute atomic E-state index is 11.8. The summed E-state index contributed by atoms with van der Waals surface area (Å²) < 4.78 is 2.63. The van der Waals surface area contributed by atoms with Crippen LogP contribution in [0.15, 0.2) is 41.0 Å². The Bertz CT molecular complexity index is 519. The summed E-state index contributed by atoms with van der Waals surface area (Å²) in [6.45, 7) is 0. The van der Waals surface area contributed by atoms with Crippen LogP contribution in [0.5, 0.6) is 0 Å². The predicted molar refractivity (Wildman–Crippen MR) is 69.7 cm³/mol. The Hall–Kier alpha value is -1.62. The van der Waals surface area contributed by atoms with E-state index in [2.05, 4.69) is 26.3 Å². The number of nitrogens with one attached hydrogen (secondary N) is 1. The maximum atomic E-state index is 11.8. The Morgan fingerprint density at radius 3 is 2.65 bits per heavy atom. The number of amides is 1. The van der Waals surface area contributed by atoms with Gasteiger partial charge in [0.25, 0.3) is 0 Å². The third-order valence-electron chi connectivity index (χ3n) is 2.37. The van der Waals surface area contributed by atoms with Gasteiger partial charge in [0.05, 0.1) is 12.6 Å². The molecule has 0 saturated heterocycles. The van der Waals surface area contributed by atoms with Crippen LogP contribution in [0.3, 0.4) is 0 Å². The number of aromatic nitrogens is 2. The number of rotatable bonds is 3. The molecule has 0 fully saturated rings. The molecule has 1 aromatic carbocycles. The number of halogens is 1. The SMILES string of the molecule is Cn1nccc1NC(=O)Cc1ccc(Br)cc1. The first kappa shape index (κ1) is 11.9. The first-order chi connectivity index (χ1) is 8.15. The molecule has 1 heterocycles. The van der Waals surface area contributed by atoms with Crippen molar-refractivity contribution in [2.45, 2.75) is 6.42 Å². The summed E-state index contributed by atoms with van der Waals surface area (Å²) in [5.41, 5.74) is 0.980. The summed E-state index contributed by atoms with van der Waals surface area (Å²) in [4.78, 5) is 11.8. The largest absolute Gasteiger partial charge is 0.311 e. The molecule has 1 amide bonds. The molecule has 2 aromatic rings. The van der Waals surface area contributed by atoms with Crippen LogP contribution in [0.1, 0.15) is 5.56 Å². The van der Waals surface area contributed by atoms with Gasteiger partial charge >= 0.3 is 0 Å². The smallest absolute Gasteiger partial charge is 0.229 e. The van der Waals surface area contributed by atoms with Crippen molar-refractivity contribution in [3.05, 3.63) is 46.6 Å². The Kier molecular flexibility index (Phi) is 3.58. The number of carbonyl (C=O) groups is 1. The van der Waals surface area contributed by atoms with E-state index in [0.29, 0.717) is 12.2 Å². The Labute approximate surface area is 108 Å². The van der Waals surface area contributed by atoms with Gasteiger partial charge in [-0.15, -0.1) is 0 Å². The Morgan fingerprint density at radius 2 is 2.06 bits per heavy atom. The number of hydrogen-bond donors (Lipinski definition) is 1. The van der Waals surface area contributed by atoms with Crippen molar-refractivity contribution in [1.82, 2.24) is 9.78 Å². The molecule has 88 valence electrons. The van der Waals surface area contributed by atoms with Gasteiger partial charge in [-0.3, -0.25) is 9.48 Å². The van der Waals surface area contributed by atoms with Gasteiger partial charge in [0.2, 0.25) is 5.91 Å². The molecule has 17 heavy (non-hydrogen) atoms. The van der Waals surface area contributed by atoms with Crippen LogP contribution in [0.4, 0.5) is 5.82 Å². The number of anilines is 1. The average Bonchev–Trinajstić information content (AvgIpc) is 2.68. The van der Waals surface area contributed by atoms with E-state index < -0.39 is 0 Å². The Morgan fingerprint density at radius 1 is 1.35 bits per heavy atom. The summed E-state index contributed by atoms with van der Waals surface area (Å²) in [6.07, 6.45) is 2.01. The molecule has 4 nitrogen and oxygen atoms in total. The second kappa shape index (κ2) is 5.14. The molecule has 0 unspecified atom stereocenters. The van der Waals surface area contributed by atoms with Gasteiger partial charge in [0, 0.05) is 17.6 Å². The van der Waals surface area contributed by atoms with Gasteiger partial charge in [-0.25, -0.2) is 0 Å². The molecule has 0 aliphatic rings. The summed E-state index contributed by atoms with van der Waals surface area (Å²) in [5.74, 6) is 0.656. The molecule has 0 radical (unpaired) electrons. The molecule has 0 spiro atoms. The number of hydrogen-bond acceptors (Lipinski definition) is 2. The second-order valence-electron chi connectivity index (χ2n) is 3.69. The second-order valence-corrected chi connectivity index (χ2v) is 4.61. The standard InChI is InChI=1S/C12H12BrN3O/c1-16-11(6-7-14-16)15-12(17)8-9-2-4-10(13)5-3-9/h2-7H,8H2,1H3,(H,15,17). The minimum absolute atomic E-state index is 0.0454. The first-order valence-electron chi connectivity index (χ1n) is 5.17. The lowest BCUT2D eigenvalue weighted by molar-refractivity contribution is -0.115. The summed E-state index contributed by atoms with van der Waals surface area (Å²) in [6, 6.07) is 9.46. The molecule has 0 atom stereocenters. The van der Waals surface area contributed by atoms with Crippen LogP contribution in [0.25, 0.3) is 0 Å². The maximum Gasteiger partial charge on any atom is 0.229 e. The zero-order valence-corrected chi connectivity index (χ0v) is 10.9. The van der Waals surface area contributed by atoms with Gasteiger partial charge in [-0.1, -0.05) is 28.1 Å². The predicted octanol–water partition coefficient (Wildman–Crippen LogP) is 2.36. The quantitative estimate of drug-likeness (QED) is 0.944. The number of benzene rings is 1. The average molecular weight is 294 g/mol. The monoisotopic (exact) mass is 293 g/mol. The minimum Gasteiger partial charge on any atom is -0.311 e. The van der Waals surface area contributed by atoms with Crippen LogP contribution in [0.2, 0.25) is 0 Å². The molecular formula is C12H12BrN3O. The highest BCUT2D eigenvalue weighted by Gasteiger charge is 2.06. The highest BCUT2D eigenvalue weighted by Crippen LogP contribution is 2.11. The van der Waals surface area contributed by atoms with E-state index in [4.69, 9.17) is 0 Å². The van der Waals surface area contributed by atoms with Gasteiger partial charge in [0.15, 0.2) is 0 Å². The number of carbonyl (C=O) groups excluding carboxylic acids is 1. The molecule has 0 aliphatic heterocycles. The fourth-order valence-electron chi connectivity index (χ4n) is 1.47. The number of nitrogens with zero attached hydrogens (tertiary/aromatic N) is 2. The topological polar surface area (TPSA) is 46.9 Å². The molecule has 1 N–H and O–H groups in total. The van der Waals surface area contributed by atoms with Crippen molar-refractivity contribution >= 4 is 27.7 Å². The lowest BCUT2D eigenvalue weighted by atomic mass is 10.1. The molecular weight excluding hydrogens is 282 g/mol. The van der Waals surface area contributed by atoms with Gasteiger partial charge in [0.1, 0.15) is 5.82 Å². The van der Waals surface area contributed by atoms with Crippen molar-refractivity contribution in [1.29, 1.82) is 0 Å². The summed E-state index contributed by atoms with van der Waals surface area (Å²) in [5, 5.41) is 6.79. The zero-order chi connectivity index (χ0) is 12.3.